The van der Waals surface area contributed by atoms with E-state index in [0.717, 1.165) is 16.8 Å². The molecule has 2 rings (SSSR count). The van der Waals surface area contributed by atoms with Gasteiger partial charge >= 0.3 is 5.97 Å². The number of Topliss-reactive ketones (excluding diaryl/α,β-unsaturated/α-hetero) is 1. The summed E-state index contributed by atoms with van der Waals surface area (Å²) in [5.74, 6) is -1.97. The number of carbonyl (C=O) groups is 2. The lowest BCUT2D eigenvalue weighted by atomic mass is 10.0. The number of hydrogen-bond acceptors (Lipinski definition) is 4. The Morgan fingerprint density at radius 2 is 2.00 bits per heavy atom. The molecular formula is C14H15NO4. The summed E-state index contributed by atoms with van der Waals surface area (Å²) in [6.45, 7) is 5.46. The number of ether oxygens (including phenoxy) is 1. The molecule has 2 N–H and O–H groups in total. The molecule has 19 heavy (non-hydrogen) atoms. The van der Waals surface area contributed by atoms with Crippen molar-refractivity contribution >= 4 is 22.7 Å². The number of esters is 1. The van der Waals surface area contributed by atoms with Gasteiger partial charge in [-0.3, -0.25) is 4.79 Å². The maximum absolute atomic E-state index is 11.9. The first-order chi connectivity index (χ1) is 8.97. The number of aromatic hydroxyl groups is 1. The number of H-pyrrole nitrogens is 1. The minimum Gasteiger partial charge on any atom is -0.506 e. The number of phenols is 1. The minimum absolute atomic E-state index is 0.0342. The van der Waals surface area contributed by atoms with E-state index in [1.807, 2.05) is 13.8 Å². The average molecular weight is 261 g/mol. The van der Waals surface area contributed by atoms with Crippen LogP contribution in [0, 0.1) is 13.8 Å². The van der Waals surface area contributed by atoms with Gasteiger partial charge in [0.25, 0.3) is 5.78 Å². The minimum atomic E-state index is -0.956. The molecule has 0 radical (unpaired) electrons. The molecular weight excluding hydrogens is 246 g/mol. The number of carbonyl (C=O) groups excluding carboxylic acids is 2. The van der Waals surface area contributed by atoms with E-state index in [1.54, 1.807) is 13.0 Å². The zero-order valence-electron chi connectivity index (χ0n) is 11.0. The molecule has 0 saturated carbocycles. The maximum atomic E-state index is 11.9. The average Bonchev–Trinajstić information content (AvgIpc) is 2.66. The third-order valence-corrected chi connectivity index (χ3v) is 3.14. The summed E-state index contributed by atoms with van der Waals surface area (Å²) in [5, 5.41) is 10.7. The first-order valence-corrected chi connectivity index (χ1v) is 5.99. The van der Waals surface area contributed by atoms with Crippen LogP contribution in [-0.4, -0.2) is 28.4 Å². The summed E-state index contributed by atoms with van der Waals surface area (Å²) >= 11 is 0. The highest BCUT2D eigenvalue weighted by Gasteiger charge is 2.23. The van der Waals surface area contributed by atoms with Crippen LogP contribution in [0.15, 0.2) is 12.1 Å². The van der Waals surface area contributed by atoms with Gasteiger partial charge in [0.1, 0.15) is 5.75 Å². The van der Waals surface area contributed by atoms with Gasteiger partial charge in [0, 0.05) is 16.6 Å². The second-order valence-electron chi connectivity index (χ2n) is 4.31. The second kappa shape index (κ2) is 4.76. The molecule has 0 saturated heterocycles. The second-order valence-corrected chi connectivity index (χ2v) is 4.31. The van der Waals surface area contributed by atoms with E-state index in [-0.39, 0.29) is 17.9 Å². The number of ketones is 1. The fourth-order valence-electron chi connectivity index (χ4n) is 2.05. The maximum Gasteiger partial charge on any atom is 0.379 e. The van der Waals surface area contributed by atoms with Crippen LogP contribution in [0.1, 0.15) is 28.5 Å². The van der Waals surface area contributed by atoms with Crippen LogP contribution in [0.5, 0.6) is 5.75 Å². The van der Waals surface area contributed by atoms with Crippen LogP contribution in [0.25, 0.3) is 10.9 Å². The van der Waals surface area contributed by atoms with E-state index in [4.69, 9.17) is 0 Å². The normalized spacial score (nSPS) is 10.7. The molecule has 0 aliphatic rings. The monoisotopic (exact) mass is 261 g/mol. The number of benzene rings is 1. The van der Waals surface area contributed by atoms with Gasteiger partial charge in [-0.05, 0) is 38.5 Å². The van der Waals surface area contributed by atoms with Crippen LogP contribution in [-0.2, 0) is 9.53 Å². The highest BCUT2D eigenvalue weighted by atomic mass is 16.5. The number of phenolic OH excluding ortho intramolecular Hbond substituents is 1. The molecule has 1 aromatic heterocycles. The molecule has 0 unspecified atom stereocenters. The number of aromatic nitrogens is 1. The Morgan fingerprint density at radius 3 is 2.63 bits per heavy atom. The van der Waals surface area contributed by atoms with Gasteiger partial charge in [0.15, 0.2) is 0 Å². The first-order valence-electron chi connectivity index (χ1n) is 5.99. The van der Waals surface area contributed by atoms with Gasteiger partial charge in [-0.2, -0.15) is 0 Å². The van der Waals surface area contributed by atoms with Gasteiger partial charge in [0.05, 0.1) is 12.2 Å². The van der Waals surface area contributed by atoms with Gasteiger partial charge in [-0.25, -0.2) is 4.79 Å². The van der Waals surface area contributed by atoms with Crippen molar-refractivity contribution in [2.75, 3.05) is 6.61 Å². The van der Waals surface area contributed by atoms with Gasteiger partial charge in [0.2, 0.25) is 0 Å². The Hall–Kier alpha value is -2.30. The van der Waals surface area contributed by atoms with Crippen molar-refractivity contribution in [1.82, 2.24) is 4.98 Å². The van der Waals surface area contributed by atoms with E-state index in [9.17, 15) is 14.7 Å². The van der Waals surface area contributed by atoms with Crippen molar-refractivity contribution in [3.05, 3.63) is 29.0 Å². The summed E-state index contributed by atoms with van der Waals surface area (Å²) in [6, 6.07) is 3.09. The van der Waals surface area contributed by atoms with E-state index in [1.165, 1.54) is 6.07 Å². The van der Waals surface area contributed by atoms with Crippen molar-refractivity contribution in [2.45, 2.75) is 20.8 Å². The molecule has 100 valence electrons. The summed E-state index contributed by atoms with van der Waals surface area (Å²) < 4.78 is 4.65. The topological polar surface area (TPSA) is 79.4 Å². The predicted octanol–water partition coefficient (Wildman–Crippen LogP) is 2.24. The number of nitrogens with one attached hydrogen (secondary N) is 1. The number of rotatable bonds is 3. The Balaban J connectivity index is 2.57. The number of hydrogen-bond donors (Lipinski definition) is 2. The van der Waals surface area contributed by atoms with Crippen LogP contribution in [0.4, 0.5) is 0 Å². The molecule has 1 aromatic carbocycles. The third kappa shape index (κ3) is 2.07. The lowest BCUT2D eigenvalue weighted by Crippen LogP contribution is -2.17. The molecule has 0 spiro atoms. The predicted molar refractivity (Wildman–Crippen MR) is 70.4 cm³/mol. The van der Waals surface area contributed by atoms with Gasteiger partial charge in [-0.15, -0.1) is 0 Å². The molecule has 1 heterocycles. The van der Waals surface area contributed by atoms with Crippen molar-refractivity contribution in [1.29, 1.82) is 0 Å². The molecule has 0 aliphatic carbocycles. The molecule has 0 fully saturated rings. The number of aryl methyl sites for hydroxylation is 2. The lowest BCUT2D eigenvalue weighted by Gasteiger charge is -2.05. The van der Waals surface area contributed by atoms with Crippen LogP contribution in [0.2, 0.25) is 0 Å². The lowest BCUT2D eigenvalue weighted by molar-refractivity contribution is -0.137. The third-order valence-electron chi connectivity index (χ3n) is 3.14. The Labute approximate surface area is 110 Å². The molecule has 0 atom stereocenters. The van der Waals surface area contributed by atoms with E-state index in [2.05, 4.69) is 9.72 Å². The summed E-state index contributed by atoms with van der Waals surface area (Å²) in [4.78, 5) is 26.4. The van der Waals surface area contributed by atoms with E-state index in [0.29, 0.717) is 5.39 Å². The van der Waals surface area contributed by atoms with Crippen molar-refractivity contribution < 1.29 is 19.4 Å². The zero-order chi connectivity index (χ0) is 14.2. The quantitative estimate of drug-likeness (QED) is 0.504. The summed E-state index contributed by atoms with van der Waals surface area (Å²) in [5.41, 5.74) is 2.46. The Kier molecular flexibility index (Phi) is 3.29. The van der Waals surface area contributed by atoms with Crippen LogP contribution in [0.3, 0.4) is 0 Å². The Bertz CT molecular complexity index is 670. The molecule has 2 aromatic rings. The van der Waals surface area contributed by atoms with Gasteiger partial charge < -0.3 is 14.8 Å². The fourth-order valence-corrected chi connectivity index (χ4v) is 2.05. The highest BCUT2D eigenvalue weighted by molar-refractivity contribution is 6.41. The van der Waals surface area contributed by atoms with Crippen molar-refractivity contribution in [2.24, 2.45) is 0 Å². The highest BCUT2D eigenvalue weighted by Crippen LogP contribution is 2.33. The fraction of sp³-hybridized carbons (Fsp3) is 0.286. The molecule has 0 bridgehead atoms. The zero-order valence-corrected chi connectivity index (χ0v) is 11.0. The van der Waals surface area contributed by atoms with Crippen molar-refractivity contribution in [3.63, 3.8) is 0 Å². The van der Waals surface area contributed by atoms with E-state index >= 15 is 0 Å². The van der Waals surface area contributed by atoms with Crippen molar-refractivity contribution in [3.8, 4) is 5.75 Å². The first kappa shape index (κ1) is 13.1. The van der Waals surface area contributed by atoms with Crippen LogP contribution < -0.4 is 0 Å². The standard InChI is InChI=1S/C14H15NO4/c1-4-19-14(18)13(17)9-5-6-10-11(12(9)16)7(2)8(3)15-10/h5-6,15-16H,4H2,1-3H3. The molecule has 0 amide bonds. The van der Waals surface area contributed by atoms with Gasteiger partial charge in [-0.1, -0.05) is 0 Å². The summed E-state index contributed by atoms with van der Waals surface area (Å²) in [6.07, 6.45) is 0. The Morgan fingerprint density at radius 1 is 1.32 bits per heavy atom. The van der Waals surface area contributed by atoms with Crippen LogP contribution >= 0.6 is 0 Å². The molecule has 5 nitrogen and oxygen atoms in total. The largest absolute Gasteiger partial charge is 0.506 e. The van der Waals surface area contributed by atoms with E-state index < -0.39 is 11.8 Å². The SMILES string of the molecule is CCOC(=O)C(=O)c1ccc2[nH]c(C)c(C)c2c1O. The smallest absolute Gasteiger partial charge is 0.379 e. The molecule has 0 aliphatic heterocycles. The number of aromatic amines is 1. The summed E-state index contributed by atoms with van der Waals surface area (Å²) in [7, 11) is 0. The molecule has 5 heteroatoms. The number of fused-ring (bicyclic) bond motifs is 1.